The van der Waals surface area contributed by atoms with E-state index in [4.69, 9.17) is 25.8 Å². The largest absolute Gasteiger partial charge is 0.497 e. The van der Waals surface area contributed by atoms with E-state index in [0.29, 0.717) is 5.88 Å². The average molecular weight is 335 g/mol. The molecule has 4 heteroatoms. The first-order chi connectivity index (χ1) is 11.1. The summed E-state index contributed by atoms with van der Waals surface area (Å²) in [5.41, 5.74) is 2.29. The van der Waals surface area contributed by atoms with E-state index < -0.39 is 0 Å². The summed E-state index contributed by atoms with van der Waals surface area (Å²) >= 11 is 6.17. The summed E-state index contributed by atoms with van der Waals surface area (Å²) in [7, 11) is 4.99. The molecule has 0 aliphatic rings. The topological polar surface area (TPSA) is 27.7 Å². The fourth-order valence-corrected chi connectivity index (χ4v) is 2.97. The zero-order valence-corrected chi connectivity index (χ0v) is 14.8. The number of alkyl halides is 1. The maximum atomic E-state index is 6.17. The number of hydrogen-bond acceptors (Lipinski definition) is 3. The molecular weight excluding hydrogens is 312 g/mol. The Hall–Kier alpha value is -1.87. The molecule has 0 aromatic heterocycles. The van der Waals surface area contributed by atoms with Gasteiger partial charge in [0.1, 0.15) is 17.2 Å². The monoisotopic (exact) mass is 334 g/mol. The third kappa shape index (κ3) is 3.91. The Kier molecular flexibility index (Phi) is 6.17. The lowest BCUT2D eigenvalue weighted by Crippen LogP contribution is -2.14. The molecule has 2 atom stereocenters. The Morgan fingerprint density at radius 1 is 0.870 bits per heavy atom. The summed E-state index contributed by atoms with van der Waals surface area (Å²) in [6, 6.07) is 14.0. The Morgan fingerprint density at radius 2 is 1.48 bits per heavy atom. The van der Waals surface area contributed by atoms with Crippen LogP contribution in [0.15, 0.2) is 42.5 Å². The van der Waals surface area contributed by atoms with Crippen molar-refractivity contribution < 1.29 is 14.2 Å². The van der Waals surface area contributed by atoms with Crippen molar-refractivity contribution in [1.29, 1.82) is 0 Å². The van der Waals surface area contributed by atoms with Crippen molar-refractivity contribution in [3.05, 3.63) is 53.6 Å². The molecule has 23 heavy (non-hydrogen) atoms. The zero-order valence-electron chi connectivity index (χ0n) is 14.0. The van der Waals surface area contributed by atoms with E-state index in [2.05, 4.69) is 25.1 Å². The molecule has 2 rings (SSSR count). The molecule has 0 amide bonds. The minimum Gasteiger partial charge on any atom is -0.497 e. The van der Waals surface area contributed by atoms with Crippen molar-refractivity contribution in [3.8, 4) is 17.2 Å². The molecule has 0 spiro atoms. The highest BCUT2D eigenvalue weighted by Gasteiger charge is 2.24. The average Bonchev–Trinajstić information content (AvgIpc) is 2.62. The minimum atomic E-state index is 0.138. The van der Waals surface area contributed by atoms with E-state index in [9.17, 15) is 0 Å². The number of methoxy groups -OCH3 is 3. The number of hydrogen-bond donors (Lipinski definition) is 0. The van der Waals surface area contributed by atoms with Crippen LogP contribution in [0.3, 0.4) is 0 Å². The van der Waals surface area contributed by atoms with Crippen molar-refractivity contribution in [2.75, 3.05) is 27.2 Å². The first-order valence-corrected chi connectivity index (χ1v) is 8.09. The van der Waals surface area contributed by atoms with Crippen molar-refractivity contribution in [1.82, 2.24) is 0 Å². The van der Waals surface area contributed by atoms with Gasteiger partial charge in [0.05, 0.1) is 21.3 Å². The molecule has 3 nitrogen and oxygen atoms in total. The third-order valence-electron chi connectivity index (χ3n) is 4.06. The number of rotatable bonds is 7. The van der Waals surface area contributed by atoms with Crippen LogP contribution in [-0.2, 0) is 0 Å². The molecule has 124 valence electrons. The van der Waals surface area contributed by atoms with Gasteiger partial charge in [-0.05, 0) is 29.7 Å². The van der Waals surface area contributed by atoms with Crippen LogP contribution >= 0.6 is 11.6 Å². The van der Waals surface area contributed by atoms with Crippen LogP contribution in [0.2, 0.25) is 0 Å². The molecule has 0 radical (unpaired) electrons. The molecule has 0 saturated carbocycles. The van der Waals surface area contributed by atoms with Crippen molar-refractivity contribution in [2.45, 2.75) is 12.8 Å². The highest BCUT2D eigenvalue weighted by molar-refractivity contribution is 6.18. The van der Waals surface area contributed by atoms with E-state index in [1.165, 1.54) is 5.56 Å². The van der Waals surface area contributed by atoms with Crippen LogP contribution in [0.4, 0.5) is 0 Å². The first-order valence-electron chi connectivity index (χ1n) is 7.56. The number of benzene rings is 2. The summed E-state index contributed by atoms with van der Waals surface area (Å²) in [5.74, 6) is 3.38. The highest BCUT2D eigenvalue weighted by Crippen LogP contribution is 2.39. The molecule has 0 N–H and O–H groups in total. The Labute approximate surface area is 143 Å². The van der Waals surface area contributed by atoms with Gasteiger partial charge in [-0.2, -0.15) is 0 Å². The van der Waals surface area contributed by atoms with Gasteiger partial charge in [0, 0.05) is 23.4 Å². The van der Waals surface area contributed by atoms with Gasteiger partial charge in [-0.1, -0.05) is 25.1 Å². The fourth-order valence-electron chi connectivity index (χ4n) is 2.79. The maximum Gasteiger partial charge on any atom is 0.126 e. The zero-order chi connectivity index (χ0) is 16.8. The van der Waals surface area contributed by atoms with Crippen LogP contribution in [0, 0.1) is 5.92 Å². The van der Waals surface area contributed by atoms with Crippen molar-refractivity contribution in [2.24, 2.45) is 5.92 Å². The van der Waals surface area contributed by atoms with Crippen molar-refractivity contribution >= 4 is 11.6 Å². The molecular formula is C19H23ClO3. The molecule has 2 aromatic carbocycles. The second-order valence-electron chi connectivity index (χ2n) is 5.49. The maximum absolute atomic E-state index is 6.17. The fraction of sp³-hybridized carbons (Fsp3) is 0.368. The first kappa shape index (κ1) is 17.5. The molecule has 0 heterocycles. The standard InChI is InChI=1S/C19H23ClO3/c1-13(12-20)19(14-5-7-15(21-2)8-6-14)17-10-9-16(22-3)11-18(17)23-4/h5-11,13,19H,12H2,1-4H3/t13-,19-/m0/s1. The summed E-state index contributed by atoms with van der Waals surface area (Å²) in [4.78, 5) is 0. The van der Waals surface area contributed by atoms with Gasteiger partial charge in [0.2, 0.25) is 0 Å². The summed E-state index contributed by atoms with van der Waals surface area (Å²) in [6.45, 7) is 2.14. The lowest BCUT2D eigenvalue weighted by Gasteiger charge is -2.25. The second kappa shape index (κ2) is 8.11. The molecule has 0 unspecified atom stereocenters. The third-order valence-corrected chi connectivity index (χ3v) is 4.55. The predicted octanol–water partition coefficient (Wildman–Crippen LogP) is 4.72. The molecule has 0 fully saturated rings. The van der Waals surface area contributed by atoms with Crippen LogP contribution < -0.4 is 14.2 Å². The summed E-state index contributed by atoms with van der Waals surface area (Å²) < 4.78 is 16.1. The van der Waals surface area contributed by atoms with E-state index >= 15 is 0 Å². The summed E-state index contributed by atoms with van der Waals surface area (Å²) in [6.07, 6.45) is 0. The lowest BCUT2D eigenvalue weighted by molar-refractivity contribution is 0.386. The van der Waals surface area contributed by atoms with Gasteiger partial charge >= 0.3 is 0 Å². The highest BCUT2D eigenvalue weighted by atomic mass is 35.5. The van der Waals surface area contributed by atoms with E-state index in [0.717, 1.165) is 22.8 Å². The van der Waals surface area contributed by atoms with Crippen LogP contribution in [-0.4, -0.2) is 27.2 Å². The quantitative estimate of drug-likeness (QED) is 0.686. The van der Waals surface area contributed by atoms with Gasteiger partial charge in [-0.15, -0.1) is 11.6 Å². The van der Waals surface area contributed by atoms with Gasteiger partial charge in [-0.3, -0.25) is 0 Å². The molecule has 0 aliphatic heterocycles. The lowest BCUT2D eigenvalue weighted by atomic mass is 9.82. The smallest absolute Gasteiger partial charge is 0.126 e. The SMILES string of the molecule is COc1ccc([C@@H](c2ccc(OC)cc2OC)[C@@H](C)CCl)cc1. The normalized spacial score (nSPS) is 13.3. The van der Waals surface area contributed by atoms with Crippen LogP contribution in [0.25, 0.3) is 0 Å². The predicted molar refractivity (Wildman–Crippen MR) is 94.3 cm³/mol. The second-order valence-corrected chi connectivity index (χ2v) is 5.80. The molecule has 0 saturated heterocycles. The Bertz CT molecular complexity index is 625. The van der Waals surface area contributed by atoms with E-state index in [-0.39, 0.29) is 11.8 Å². The van der Waals surface area contributed by atoms with Crippen LogP contribution in [0.1, 0.15) is 24.0 Å². The van der Waals surface area contributed by atoms with Gasteiger partial charge in [0.15, 0.2) is 0 Å². The molecule has 0 bridgehead atoms. The minimum absolute atomic E-state index is 0.138. The number of ether oxygens (including phenoxy) is 3. The Morgan fingerprint density at radius 3 is 2.00 bits per heavy atom. The van der Waals surface area contributed by atoms with E-state index in [1.54, 1.807) is 21.3 Å². The van der Waals surface area contributed by atoms with E-state index in [1.807, 2.05) is 24.3 Å². The van der Waals surface area contributed by atoms with Gasteiger partial charge < -0.3 is 14.2 Å². The van der Waals surface area contributed by atoms with Gasteiger partial charge in [-0.25, -0.2) is 0 Å². The Balaban J connectivity index is 2.50. The van der Waals surface area contributed by atoms with Crippen LogP contribution in [0.5, 0.6) is 17.2 Å². The van der Waals surface area contributed by atoms with Gasteiger partial charge in [0.25, 0.3) is 0 Å². The molecule has 2 aromatic rings. The number of halogens is 1. The summed E-state index contributed by atoms with van der Waals surface area (Å²) in [5, 5.41) is 0. The molecule has 0 aliphatic carbocycles. The van der Waals surface area contributed by atoms with Crippen molar-refractivity contribution in [3.63, 3.8) is 0 Å².